The van der Waals surface area contributed by atoms with Crippen molar-refractivity contribution in [3.8, 4) is 45.5 Å². The third kappa shape index (κ3) is 13.4. The topological polar surface area (TPSA) is 231 Å². The number of hydrogen-bond donors (Lipinski definition) is 3. The molecule has 6 heterocycles. The molecule has 0 aliphatic carbocycles. The molecule has 4 N–H and O–H groups in total. The fourth-order valence-electron chi connectivity index (χ4n) is 10.2. The van der Waals surface area contributed by atoms with Gasteiger partial charge >= 0.3 is 43.0 Å². The number of nitrogens with one attached hydrogen (secondary N) is 2. The Morgan fingerprint density at radius 2 is 0.935 bits per heavy atom. The molecule has 20 heteroatoms. The molecule has 2 saturated heterocycles. The number of aromatic carboxylic acids is 1. The summed E-state index contributed by atoms with van der Waals surface area (Å²) in [6.45, 7) is 14.9. The van der Waals surface area contributed by atoms with Gasteiger partial charge in [-0.1, -0.05) is 36.4 Å². The number of likely N-dealkylation sites (tertiary alicyclic amines) is 2. The fraction of sp³-hybridized carbons (Fsp3) is 0.404. The number of carboxylic acid groups (broad SMARTS) is 1. The van der Waals surface area contributed by atoms with Crippen molar-refractivity contribution in [2.24, 2.45) is 11.8 Å². The number of para-hydroxylation sites is 2. The van der Waals surface area contributed by atoms with Crippen LogP contribution < -0.4 is 39.2 Å². The number of carboxylic acids is 1. The van der Waals surface area contributed by atoms with Crippen molar-refractivity contribution in [3.05, 3.63) is 132 Å². The van der Waals surface area contributed by atoms with Crippen molar-refractivity contribution in [1.29, 1.82) is 0 Å². The Morgan fingerprint density at radius 1 is 0.558 bits per heavy atom. The van der Waals surface area contributed by atoms with Crippen LogP contribution in [0.3, 0.4) is 0 Å². The second kappa shape index (κ2) is 24.3. The number of methoxy groups -OCH3 is 1. The van der Waals surface area contributed by atoms with Crippen LogP contribution in [-0.2, 0) is 14.2 Å². The van der Waals surface area contributed by atoms with Crippen LogP contribution in [0.5, 0.6) is 23.0 Å². The number of carbonyl (C=O) groups is 4. The molecule has 2 fully saturated rings. The summed E-state index contributed by atoms with van der Waals surface area (Å²) in [4.78, 5) is 63.9. The molecule has 2 amide bonds. The predicted octanol–water partition coefficient (Wildman–Crippen LogP) is 7.57. The molecule has 77 heavy (non-hydrogen) atoms. The first-order valence-electron chi connectivity index (χ1n) is 25.6. The normalized spacial score (nSPS) is 18.5. The van der Waals surface area contributed by atoms with Crippen LogP contribution in [-0.4, -0.2) is 121 Å². The van der Waals surface area contributed by atoms with Gasteiger partial charge in [0.1, 0.15) is 57.2 Å². The number of benzene rings is 4. The minimum absolute atomic E-state index is 0. The summed E-state index contributed by atoms with van der Waals surface area (Å²) in [5, 5.41) is 10.1. The molecule has 0 radical (unpaired) electrons. The van der Waals surface area contributed by atoms with E-state index in [0.29, 0.717) is 79.2 Å². The summed E-state index contributed by atoms with van der Waals surface area (Å²) in [6, 6.07) is 33.8. The van der Waals surface area contributed by atoms with Crippen molar-refractivity contribution >= 4 is 24.1 Å². The Hall–Kier alpha value is -7.46. The van der Waals surface area contributed by atoms with Crippen LogP contribution >= 0.6 is 0 Å². The van der Waals surface area contributed by atoms with Crippen molar-refractivity contribution in [3.63, 3.8) is 0 Å². The molecule has 2 aromatic heterocycles. The number of esters is 1. The SMILES string of the molecule is CC(C)(C)OC(=O)N1CCC(C2CCNn3c2nc(-c2ccc(Oc4ccccc4)cc2)c3C(=O)O)C1.COC(=O)c1c(-c2ccc(Oc3ccccc3)cc2)nc2n1NCCC2C1CCN(C(=O)OC(C)(C)C)C1.[Li+].[OH-]. The van der Waals surface area contributed by atoms with Crippen LogP contribution in [0.2, 0.25) is 0 Å². The van der Waals surface area contributed by atoms with E-state index in [0.717, 1.165) is 48.6 Å². The number of nitrogens with zero attached hydrogens (tertiary/aromatic N) is 6. The molecule has 0 spiro atoms. The largest absolute Gasteiger partial charge is 1.00 e. The van der Waals surface area contributed by atoms with Gasteiger partial charge in [-0.3, -0.25) is 0 Å². The van der Waals surface area contributed by atoms with Crippen molar-refractivity contribution in [1.82, 2.24) is 29.1 Å². The van der Waals surface area contributed by atoms with Crippen LogP contribution in [0.25, 0.3) is 22.5 Å². The number of hydrogen-bond acceptors (Lipinski definition) is 14. The van der Waals surface area contributed by atoms with Gasteiger partial charge in [0.25, 0.3) is 0 Å². The second-order valence-corrected chi connectivity index (χ2v) is 21.2. The Balaban J connectivity index is 0.000000218. The Morgan fingerprint density at radius 3 is 1.31 bits per heavy atom. The number of amides is 2. The third-order valence-electron chi connectivity index (χ3n) is 13.6. The number of fused-ring (bicyclic) bond motifs is 2. The van der Waals surface area contributed by atoms with Gasteiger partial charge in [0, 0.05) is 62.2 Å². The average molecular weight is 1050 g/mol. The minimum Gasteiger partial charge on any atom is -0.870 e. The molecular formula is C57H67LiN8O11. The molecule has 6 aromatic rings. The smallest absolute Gasteiger partial charge is 0.870 e. The van der Waals surface area contributed by atoms with Crippen LogP contribution in [0.4, 0.5) is 9.59 Å². The monoisotopic (exact) mass is 1050 g/mol. The first-order valence-corrected chi connectivity index (χ1v) is 25.6. The summed E-state index contributed by atoms with van der Waals surface area (Å²) in [5.41, 5.74) is 8.37. The molecule has 402 valence electrons. The molecule has 19 nitrogen and oxygen atoms in total. The van der Waals surface area contributed by atoms with Crippen LogP contribution in [0, 0.1) is 11.8 Å². The molecule has 4 aliphatic rings. The molecule has 4 aliphatic heterocycles. The first-order chi connectivity index (χ1) is 35.9. The maximum Gasteiger partial charge on any atom is 1.00 e. The van der Waals surface area contributed by atoms with E-state index in [-0.39, 0.29) is 65.9 Å². The summed E-state index contributed by atoms with van der Waals surface area (Å²) < 4.78 is 31.5. The van der Waals surface area contributed by atoms with Gasteiger partial charge in [0.15, 0.2) is 11.4 Å². The Labute approximate surface area is 460 Å². The minimum atomic E-state index is -1.05. The van der Waals surface area contributed by atoms with Gasteiger partial charge in [-0.2, -0.15) is 0 Å². The predicted molar refractivity (Wildman–Crippen MR) is 284 cm³/mol. The zero-order chi connectivity index (χ0) is 53.0. The van der Waals surface area contributed by atoms with Gasteiger partial charge in [0.05, 0.1) is 7.11 Å². The number of ether oxygens (including phenoxy) is 5. The number of carbonyl (C=O) groups excluding carboxylic acids is 3. The summed E-state index contributed by atoms with van der Waals surface area (Å²) in [6.07, 6.45) is 2.74. The number of rotatable bonds is 10. The maximum atomic E-state index is 12.9. The third-order valence-corrected chi connectivity index (χ3v) is 13.6. The molecular weight excluding hydrogens is 980 g/mol. The van der Waals surface area contributed by atoms with Crippen LogP contribution in [0.1, 0.15) is 112 Å². The van der Waals surface area contributed by atoms with Gasteiger partial charge in [-0.15, -0.1) is 0 Å². The van der Waals surface area contributed by atoms with E-state index in [1.54, 1.807) is 19.2 Å². The molecule has 0 bridgehead atoms. The van der Waals surface area contributed by atoms with Gasteiger partial charge < -0.3 is 54.9 Å². The van der Waals surface area contributed by atoms with Crippen LogP contribution in [0.15, 0.2) is 109 Å². The summed E-state index contributed by atoms with van der Waals surface area (Å²) in [5.74, 6) is 3.28. The second-order valence-electron chi connectivity index (χ2n) is 21.2. The molecule has 4 aromatic carbocycles. The van der Waals surface area contributed by atoms with E-state index in [9.17, 15) is 24.3 Å². The molecule has 4 atom stereocenters. The average Bonchev–Trinajstić information content (AvgIpc) is 4.26. The molecule has 0 saturated carbocycles. The zero-order valence-electron chi connectivity index (χ0n) is 45.0. The van der Waals surface area contributed by atoms with E-state index in [4.69, 9.17) is 33.7 Å². The first kappa shape index (κ1) is 57.2. The van der Waals surface area contributed by atoms with Gasteiger partial charge in [0.2, 0.25) is 0 Å². The maximum absolute atomic E-state index is 12.9. The van der Waals surface area contributed by atoms with E-state index < -0.39 is 23.1 Å². The summed E-state index contributed by atoms with van der Waals surface area (Å²) in [7, 11) is 1.37. The zero-order valence-corrected chi connectivity index (χ0v) is 45.0. The molecule has 4 unspecified atom stereocenters. The van der Waals surface area contributed by atoms with Crippen molar-refractivity contribution < 1.29 is 72.3 Å². The quantitative estimate of drug-likeness (QED) is 0.0682. The van der Waals surface area contributed by atoms with Gasteiger partial charge in [-0.05, 0) is 152 Å². The van der Waals surface area contributed by atoms with Gasteiger partial charge in [-0.25, -0.2) is 38.5 Å². The van der Waals surface area contributed by atoms with E-state index in [2.05, 4.69) is 10.9 Å². The Bertz CT molecular complexity index is 2990. The van der Waals surface area contributed by atoms with E-state index in [1.807, 2.05) is 151 Å². The standard InChI is InChI=1S/C29H34N4O5.C28H32N4O5.Li.H2O/c1-29(2,3)38-28(35)32-17-15-20(18-32)23-14-16-30-33-25(27(34)36-4)24(31-26(23)33)19-10-12-22(13-11-19)37-21-8-6-5-7-9-21;1-28(2,3)37-27(35)31-16-14-19(17-31)22-13-15-29-32-24(26(33)34)23(30-25(22)32)18-9-11-21(12-10-18)36-20-7-5-4-6-8-20;;/h5-13,20,23,30H,14-18H2,1-4H3;4-12,19,22,29H,13-17H2,1-3H3,(H,33,34);;1H2/q;;+1;/p-1. The summed E-state index contributed by atoms with van der Waals surface area (Å²) >= 11 is 0. The van der Waals surface area contributed by atoms with E-state index >= 15 is 0 Å². The number of imidazole rings is 2. The number of aromatic nitrogens is 4. The van der Waals surface area contributed by atoms with E-state index in [1.165, 1.54) is 7.11 Å². The van der Waals surface area contributed by atoms with Crippen molar-refractivity contribution in [2.45, 2.75) is 90.3 Å². The molecule has 10 rings (SSSR count). The van der Waals surface area contributed by atoms with Crippen molar-refractivity contribution in [2.75, 3.05) is 57.2 Å². The fourth-order valence-corrected chi connectivity index (χ4v) is 10.2. The Kier molecular flexibility index (Phi) is 18.0.